The van der Waals surface area contributed by atoms with Crippen LogP contribution in [-0.4, -0.2) is 68.6 Å². The summed E-state index contributed by atoms with van der Waals surface area (Å²) < 4.78 is 28.5. The quantitative estimate of drug-likeness (QED) is 0.366. The van der Waals surface area contributed by atoms with Gasteiger partial charge in [0.05, 0.1) is 22.5 Å². The average molecular weight is 582 g/mol. The van der Waals surface area contributed by atoms with Gasteiger partial charge in [0.15, 0.2) is 0 Å². The number of alkyl halides is 1. The third kappa shape index (κ3) is 5.80. The Morgan fingerprint density at radius 3 is 2.56 bits per heavy atom. The lowest BCUT2D eigenvalue weighted by Crippen LogP contribution is -2.62. The number of aldehydes is 1. The first-order valence-corrected chi connectivity index (χ1v) is 13.9. The fraction of sp³-hybridized carbons (Fsp3) is 0.517. The molecule has 10 heteroatoms. The highest BCUT2D eigenvalue weighted by Gasteiger charge is 2.60. The highest BCUT2D eigenvalue weighted by atomic mass is 35.5. The number of hydrogen-bond acceptors (Lipinski definition) is 5. The highest BCUT2D eigenvalue weighted by Crippen LogP contribution is 2.53. The van der Waals surface area contributed by atoms with Crippen molar-refractivity contribution in [3.63, 3.8) is 0 Å². The van der Waals surface area contributed by atoms with Crippen LogP contribution in [0.5, 0.6) is 0 Å². The number of benzene rings is 2. The molecular weight excluding hydrogens is 545 g/mol. The van der Waals surface area contributed by atoms with Crippen molar-refractivity contribution in [2.45, 2.75) is 56.7 Å². The Balaban J connectivity index is 1.88. The van der Waals surface area contributed by atoms with Crippen molar-refractivity contribution >= 4 is 41.1 Å². The van der Waals surface area contributed by atoms with E-state index >= 15 is 4.39 Å². The molecule has 2 fully saturated rings. The number of carbonyl (C=O) groups is 2. The first kappa shape index (κ1) is 29.7. The SMILES string of the molecule is CNc1cc(Cl)ccc1C1(C=O)C(CC(C)(C)C)NC(C(=O)NC2CN(CCF)C2)C1c1cccc(Cl)c1F. The molecule has 4 rings (SSSR count). The van der Waals surface area contributed by atoms with E-state index in [0.29, 0.717) is 42.3 Å². The third-order valence-electron chi connectivity index (χ3n) is 7.84. The van der Waals surface area contributed by atoms with Crippen molar-refractivity contribution in [3.8, 4) is 0 Å². The van der Waals surface area contributed by atoms with Crippen LogP contribution in [0.1, 0.15) is 44.2 Å². The third-order valence-corrected chi connectivity index (χ3v) is 8.36. The average Bonchev–Trinajstić information content (AvgIpc) is 3.17. The maximum atomic E-state index is 15.8. The van der Waals surface area contributed by atoms with Gasteiger partial charge in [-0.2, -0.15) is 0 Å². The summed E-state index contributed by atoms with van der Waals surface area (Å²) in [5.74, 6) is -1.92. The number of likely N-dealkylation sites (tertiary alicyclic amines) is 1. The summed E-state index contributed by atoms with van der Waals surface area (Å²) in [7, 11) is 1.73. The van der Waals surface area contributed by atoms with Gasteiger partial charge < -0.3 is 20.7 Å². The fourth-order valence-electron chi connectivity index (χ4n) is 6.14. The van der Waals surface area contributed by atoms with Crippen molar-refractivity contribution in [1.29, 1.82) is 0 Å². The van der Waals surface area contributed by atoms with Crippen molar-refractivity contribution < 1.29 is 18.4 Å². The molecule has 0 spiro atoms. The van der Waals surface area contributed by atoms with Crippen LogP contribution >= 0.6 is 23.2 Å². The van der Waals surface area contributed by atoms with Gasteiger partial charge in [0, 0.05) is 49.4 Å². The first-order valence-electron chi connectivity index (χ1n) is 13.2. The van der Waals surface area contributed by atoms with Crippen LogP contribution in [-0.2, 0) is 15.0 Å². The molecule has 0 aliphatic carbocycles. The molecule has 4 atom stereocenters. The van der Waals surface area contributed by atoms with Crippen LogP contribution in [0.3, 0.4) is 0 Å². The lowest BCUT2D eigenvalue weighted by molar-refractivity contribution is -0.125. The maximum absolute atomic E-state index is 15.8. The maximum Gasteiger partial charge on any atom is 0.238 e. The van der Waals surface area contributed by atoms with Crippen molar-refractivity contribution in [2.24, 2.45) is 5.41 Å². The monoisotopic (exact) mass is 580 g/mol. The second-order valence-corrected chi connectivity index (χ2v) is 12.6. The zero-order valence-electron chi connectivity index (χ0n) is 22.7. The van der Waals surface area contributed by atoms with E-state index in [1.165, 1.54) is 6.07 Å². The number of rotatable bonds is 9. The van der Waals surface area contributed by atoms with Crippen LogP contribution in [0.15, 0.2) is 36.4 Å². The number of nitrogens with zero attached hydrogens (tertiary/aromatic N) is 1. The predicted molar refractivity (Wildman–Crippen MR) is 152 cm³/mol. The number of amides is 1. The molecule has 1 amide bonds. The van der Waals surface area contributed by atoms with E-state index in [1.54, 1.807) is 37.4 Å². The molecule has 39 heavy (non-hydrogen) atoms. The van der Waals surface area contributed by atoms with E-state index in [1.807, 2.05) is 4.90 Å². The summed E-state index contributed by atoms with van der Waals surface area (Å²) in [5, 5.41) is 10.0. The molecule has 2 aliphatic heterocycles. The van der Waals surface area contributed by atoms with Gasteiger partial charge in [-0.15, -0.1) is 0 Å². The molecule has 0 saturated carbocycles. The molecular formula is C29H36Cl2F2N4O2. The summed E-state index contributed by atoms with van der Waals surface area (Å²) >= 11 is 12.5. The van der Waals surface area contributed by atoms with Gasteiger partial charge in [-0.1, -0.05) is 62.2 Å². The van der Waals surface area contributed by atoms with Crippen LogP contribution in [0.4, 0.5) is 14.5 Å². The van der Waals surface area contributed by atoms with Crippen molar-refractivity contribution in [1.82, 2.24) is 15.5 Å². The number of hydrogen-bond donors (Lipinski definition) is 3. The topological polar surface area (TPSA) is 73.5 Å². The van der Waals surface area contributed by atoms with Gasteiger partial charge in [-0.25, -0.2) is 8.78 Å². The zero-order valence-corrected chi connectivity index (χ0v) is 24.2. The number of anilines is 1. The van der Waals surface area contributed by atoms with E-state index in [0.717, 1.165) is 6.29 Å². The van der Waals surface area contributed by atoms with Gasteiger partial charge in [-0.3, -0.25) is 9.69 Å². The lowest BCUT2D eigenvalue weighted by atomic mass is 9.62. The molecule has 2 saturated heterocycles. The van der Waals surface area contributed by atoms with E-state index in [4.69, 9.17) is 23.2 Å². The molecule has 2 aromatic carbocycles. The first-order chi connectivity index (χ1) is 18.4. The number of carbonyl (C=O) groups excluding carboxylic acids is 2. The van der Waals surface area contributed by atoms with E-state index in [9.17, 15) is 14.0 Å². The van der Waals surface area contributed by atoms with Crippen molar-refractivity contribution in [2.75, 3.05) is 38.7 Å². The molecule has 2 aliphatic rings. The molecule has 4 unspecified atom stereocenters. The van der Waals surface area contributed by atoms with Gasteiger partial charge in [0.2, 0.25) is 5.91 Å². The Labute approximate surface area is 238 Å². The Hall–Kier alpha value is -2.26. The Kier molecular flexibility index (Phi) is 8.91. The van der Waals surface area contributed by atoms with Gasteiger partial charge in [0.25, 0.3) is 0 Å². The number of halogens is 4. The molecule has 6 nitrogen and oxygen atoms in total. The van der Waals surface area contributed by atoms with E-state index in [2.05, 4.69) is 36.7 Å². The second-order valence-electron chi connectivity index (χ2n) is 11.7. The van der Waals surface area contributed by atoms with Gasteiger partial charge >= 0.3 is 0 Å². The minimum absolute atomic E-state index is 0.0865. The lowest BCUT2D eigenvalue weighted by Gasteiger charge is -2.40. The van der Waals surface area contributed by atoms with Crippen LogP contribution in [0.2, 0.25) is 10.0 Å². The molecule has 0 radical (unpaired) electrons. The molecule has 0 bridgehead atoms. The molecule has 0 aromatic heterocycles. The fourth-order valence-corrected chi connectivity index (χ4v) is 6.49. The largest absolute Gasteiger partial charge is 0.388 e. The summed E-state index contributed by atoms with van der Waals surface area (Å²) in [6.07, 6.45) is 1.37. The summed E-state index contributed by atoms with van der Waals surface area (Å²) in [6.45, 7) is 7.10. The normalized spacial score (nSPS) is 25.8. The van der Waals surface area contributed by atoms with Crippen molar-refractivity contribution in [3.05, 3.63) is 63.4 Å². The molecule has 3 N–H and O–H groups in total. The molecule has 2 heterocycles. The van der Waals surface area contributed by atoms with Gasteiger partial charge in [0.1, 0.15) is 18.8 Å². The summed E-state index contributed by atoms with van der Waals surface area (Å²) in [4.78, 5) is 29.3. The summed E-state index contributed by atoms with van der Waals surface area (Å²) in [6, 6.07) is 8.24. The van der Waals surface area contributed by atoms with Crippen LogP contribution in [0.25, 0.3) is 0 Å². The smallest absolute Gasteiger partial charge is 0.238 e. The standard InChI is InChI=1S/C29H36Cl2F2N4O2/c1-28(2,3)13-23-29(16-38,20-9-8-17(30)12-22(20)34-4)24(19-6-5-7-21(31)25(19)33)26(36-23)27(39)35-18-14-37(15-18)11-10-32/h5-9,12,16,18,23-24,26,34,36H,10-11,13-15H2,1-4H3,(H,35,39). The predicted octanol–water partition coefficient (Wildman–Crippen LogP) is 4.94. The molecule has 212 valence electrons. The minimum atomic E-state index is -1.34. The zero-order chi connectivity index (χ0) is 28.5. The second kappa shape index (κ2) is 11.7. The Morgan fingerprint density at radius 2 is 1.95 bits per heavy atom. The number of nitrogens with one attached hydrogen (secondary N) is 3. The minimum Gasteiger partial charge on any atom is -0.388 e. The van der Waals surface area contributed by atoms with E-state index < -0.39 is 35.9 Å². The Bertz CT molecular complexity index is 1220. The van der Waals surface area contributed by atoms with Crippen LogP contribution in [0, 0.1) is 11.2 Å². The molecule has 2 aromatic rings. The Morgan fingerprint density at radius 1 is 1.23 bits per heavy atom. The van der Waals surface area contributed by atoms with Crippen LogP contribution < -0.4 is 16.0 Å². The van der Waals surface area contributed by atoms with E-state index in [-0.39, 0.29) is 28.0 Å². The van der Waals surface area contributed by atoms with Gasteiger partial charge in [-0.05, 0) is 41.2 Å². The summed E-state index contributed by atoms with van der Waals surface area (Å²) in [5.41, 5.74) is -0.164. The highest BCUT2D eigenvalue weighted by molar-refractivity contribution is 6.31.